The molecule has 2 rings (SSSR count). The number of carbonyl (C=O) groups excluding carboxylic acids is 1. The molecule has 0 aliphatic heterocycles. The minimum absolute atomic E-state index is 0.00131. The van der Waals surface area contributed by atoms with E-state index >= 15 is 0 Å². The predicted octanol–water partition coefficient (Wildman–Crippen LogP) is 3.27. The summed E-state index contributed by atoms with van der Waals surface area (Å²) in [5.41, 5.74) is 1.01. The fraction of sp³-hybridized carbons (Fsp3) is 0.381. The lowest BCUT2D eigenvalue weighted by Crippen LogP contribution is -2.44. The van der Waals surface area contributed by atoms with Gasteiger partial charge in [0.1, 0.15) is 11.6 Å². The molecule has 5 heteroatoms. The SMILES string of the molecule is CC(C(=O)NCCc1ccc(F)cc1)N(C)CCCOc1ccccc1. The summed E-state index contributed by atoms with van der Waals surface area (Å²) < 4.78 is 18.5. The molecule has 1 N–H and O–H groups in total. The summed E-state index contributed by atoms with van der Waals surface area (Å²) in [5.74, 6) is 0.615. The number of hydrogen-bond acceptors (Lipinski definition) is 3. The van der Waals surface area contributed by atoms with E-state index in [9.17, 15) is 9.18 Å². The van der Waals surface area contributed by atoms with Gasteiger partial charge in [-0.05, 0) is 56.6 Å². The molecule has 140 valence electrons. The van der Waals surface area contributed by atoms with Crippen molar-refractivity contribution >= 4 is 5.91 Å². The Hall–Kier alpha value is -2.40. The van der Waals surface area contributed by atoms with E-state index in [0.29, 0.717) is 19.6 Å². The third-order valence-corrected chi connectivity index (χ3v) is 4.33. The topological polar surface area (TPSA) is 41.6 Å². The first-order valence-corrected chi connectivity index (χ1v) is 8.96. The Morgan fingerprint density at radius 2 is 1.85 bits per heavy atom. The number of likely N-dealkylation sites (N-methyl/N-ethyl adjacent to an activating group) is 1. The molecule has 0 aliphatic carbocycles. The van der Waals surface area contributed by atoms with Gasteiger partial charge < -0.3 is 10.1 Å². The summed E-state index contributed by atoms with van der Waals surface area (Å²) in [4.78, 5) is 14.3. The Morgan fingerprint density at radius 1 is 1.15 bits per heavy atom. The van der Waals surface area contributed by atoms with Crippen molar-refractivity contribution in [3.05, 3.63) is 66.0 Å². The fourth-order valence-corrected chi connectivity index (χ4v) is 2.54. The summed E-state index contributed by atoms with van der Waals surface area (Å²) in [6.45, 7) is 3.83. The van der Waals surface area contributed by atoms with Crippen molar-refractivity contribution in [2.75, 3.05) is 26.7 Å². The first-order valence-electron chi connectivity index (χ1n) is 8.96. The van der Waals surface area contributed by atoms with E-state index in [4.69, 9.17) is 4.74 Å². The number of para-hydroxylation sites is 1. The average Bonchev–Trinajstić information content (AvgIpc) is 2.66. The molecule has 2 aromatic carbocycles. The maximum atomic E-state index is 12.9. The van der Waals surface area contributed by atoms with Crippen LogP contribution in [0.4, 0.5) is 4.39 Å². The van der Waals surface area contributed by atoms with Gasteiger partial charge in [0, 0.05) is 13.1 Å². The first kappa shape index (κ1) is 19.9. The molecule has 1 amide bonds. The Labute approximate surface area is 155 Å². The second kappa shape index (κ2) is 10.6. The molecule has 0 saturated heterocycles. The zero-order valence-electron chi connectivity index (χ0n) is 15.5. The lowest BCUT2D eigenvalue weighted by Gasteiger charge is -2.23. The molecule has 4 nitrogen and oxygen atoms in total. The number of rotatable bonds is 10. The van der Waals surface area contributed by atoms with Crippen LogP contribution in [0.5, 0.6) is 5.75 Å². The molecule has 0 spiro atoms. The number of amides is 1. The van der Waals surface area contributed by atoms with Gasteiger partial charge in [0.2, 0.25) is 5.91 Å². The Bertz CT molecular complexity index is 661. The van der Waals surface area contributed by atoms with E-state index < -0.39 is 0 Å². The van der Waals surface area contributed by atoms with Gasteiger partial charge >= 0.3 is 0 Å². The monoisotopic (exact) mass is 358 g/mol. The van der Waals surface area contributed by atoms with Crippen LogP contribution < -0.4 is 10.1 Å². The van der Waals surface area contributed by atoms with Crippen molar-refractivity contribution in [1.82, 2.24) is 10.2 Å². The molecule has 0 radical (unpaired) electrons. The van der Waals surface area contributed by atoms with Crippen LogP contribution in [0.1, 0.15) is 18.9 Å². The molecule has 0 aliphatic rings. The summed E-state index contributed by atoms with van der Waals surface area (Å²) in [5, 5.41) is 2.94. The van der Waals surface area contributed by atoms with Crippen molar-refractivity contribution in [3.8, 4) is 5.75 Å². The Balaban J connectivity index is 1.62. The molecule has 1 atom stereocenters. The van der Waals surface area contributed by atoms with Crippen molar-refractivity contribution < 1.29 is 13.9 Å². The highest BCUT2D eigenvalue weighted by Crippen LogP contribution is 2.09. The van der Waals surface area contributed by atoms with Crippen LogP contribution in [0.15, 0.2) is 54.6 Å². The van der Waals surface area contributed by atoms with Crippen LogP contribution in [0.25, 0.3) is 0 Å². The highest BCUT2D eigenvalue weighted by molar-refractivity contribution is 5.81. The normalized spacial score (nSPS) is 12.0. The van der Waals surface area contributed by atoms with E-state index in [-0.39, 0.29) is 17.8 Å². The van der Waals surface area contributed by atoms with Crippen LogP contribution in [0.3, 0.4) is 0 Å². The maximum Gasteiger partial charge on any atom is 0.237 e. The predicted molar refractivity (Wildman–Crippen MR) is 102 cm³/mol. The number of benzene rings is 2. The number of halogens is 1. The lowest BCUT2D eigenvalue weighted by atomic mass is 10.1. The Kier molecular flexibility index (Phi) is 8.09. The summed E-state index contributed by atoms with van der Waals surface area (Å²) in [6, 6.07) is 15.8. The van der Waals surface area contributed by atoms with Crippen molar-refractivity contribution in [2.45, 2.75) is 25.8 Å². The van der Waals surface area contributed by atoms with Gasteiger partial charge in [-0.15, -0.1) is 0 Å². The third-order valence-electron chi connectivity index (χ3n) is 4.33. The zero-order valence-corrected chi connectivity index (χ0v) is 15.5. The molecule has 0 aromatic heterocycles. The van der Waals surface area contributed by atoms with E-state index in [1.54, 1.807) is 12.1 Å². The largest absolute Gasteiger partial charge is 0.494 e. The maximum absolute atomic E-state index is 12.9. The number of ether oxygens (including phenoxy) is 1. The molecular weight excluding hydrogens is 331 g/mol. The summed E-state index contributed by atoms with van der Waals surface area (Å²) in [7, 11) is 1.94. The van der Waals surface area contributed by atoms with E-state index in [1.807, 2.05) is 49.2 Å². The zero-order chi connectivity index (χ0) is 18.8. The van der Waals surface area contributed by atoms with Crippen molar-refractivity contribution in [1.29, 1.82) is 0 Å². The molecule has 0 bridgehead atoms. The van der Waals surface area contributed by atoms with Crippen molar-refractivity contribution in [2.24, 2.45) is 0 Å². The molecule has 2 aromatic rings. The van der Waals surface area contributed by atoms with E-state index in [0.717, 1.165) is 24.3 Å². The average molecular weight is 358 g/mol. The number of nitrogens with zero attached hydrogens (tertiary/aromatic N) is 1. The molecule has 26 heavy (non-hydrogen) atoms. The van der Waals surface area contributed by atoms with Crippen LogP contribution in [-0.4, -0.2) is 43.6 Å². The first-order chi connectivity index (χ1) is 12.6. The standard InChI is InChI=1S/C21H27FN2O2/c1-17(21(25)23-14-13-18-9-11-19(22)12-10-18)24(2)15-6-16-26-20-7-4-3-5-8-20/h3-5,7-12,17H,6,13-16H2,1-2H3,(H,23,25). The van der Waals surface area contributed by atoms with Gasteiger partial charge in [0.15, 0.2) is 0 Å². The highest BCUT2D eigenvalue weighted by atomic mass is 19.1. The molecule has 0 saturated carbocycles. The van der Waals surface area contributed by atoms with Crippen molar-refractivity contribution in [3.63, 3.8) is 0 Å². The molecule has 0 heterocycles. The van der Waals surface area contributed by atoms with Gasteiger partial charge in [-0.25, -0.2) is 4.39 Å². The minimum Gasteiger partial charge on any atom is -0.494 e. The number of nitrogens with one attached hydrogen (secondary N) is 1. The molecule has 1 unspecified atom stereocenters. The summed E-state index contributed by atoms with van der Waals surface area (Å²) >= 11 is 0. The number of hydrogen-bond donors (Lipinski definition) is 1. The van der Waals surface area contributed by atoms with Crippen LogP contribution in [0.2, 0.25) is 0 Å². The van der Waals surface area contributed by atoms with Crippen LogP contribution in [0, 0.1) is 5.82 Å². The lowest BCUT2D eigenvalue weighted by molar-refractivity contribution is -0.125. The highest BCUT2D eigenvalue weighted by Gasteiger charge is 2.17. The smallest absolute Gasteiger partial charge is 0.237 e. The quantitative estimate of drug-likeness (QED) is 0.663. The minimum atomic E-state index is -0.246. The van der Waals surface area contributed by atoms with Crippen LogP contribution in [-0.2, 0) is 11.2 Å². The van der Waals surface area contributed by atoms with E-state index in [2.05, 4.69) is 5.32 Å². The third kappa shape index (κ3) is 6.84. The number of carbonyl (C=O) groups is 1. The molecular formula is C21H27FN2O2. The van der Waals surface area contributed by atoms with Gasteiger partial charge in [-0.2, -0.15) is 0 Å². The molecule has 0 fully saturated rings. The second-order valence-corrected chi connectivity index (χ2v) is 6.34. The second-order valence-electron chi connectivity index (χ2n) is 6.34. The fourth-order valence-electron chi connectivity index (χ4n) is 2.54. The van der Waals surface area contributed by atoms with Gasteiger partial charge in [-0.1, -0.05) is 30.3 Å². The van der Waals surface area contributed by atoms with E-state index in [1.165, 1.54) is 12.1 Å². The summed E-state index contributed by atoms with van der Waals surface area (Å²) in [6.07, 6.45) is 1.53. The van der Waals surface area contributed by atoms with Gasteiger partial charge in [-0.3, -0.25) is 9.69 Å². The van der Waals surface area contributed by atoms with Gasteiger partial charge in [0.25, 0.3) is 0 Å². The Morgan fingerprint density at radius 3 is 2.54 bits per heavy atom. The van der Waals surface area contributed by atoms with Crippen LogP contribution >= 0.6 is 0 Å². The van der Waals surface area contributed by atoms with Gasteiger partial charge in [0.05, 0.1) is 12.6 Å².